The van der Waals surface area contributed by atoms with Crippen molar-refractivity contribution in [2.45, 2.75) is 32.0 Å². The molecular formula is C17H25F3N4O. The number of carbonyl (C=O) groups is 1. The van der Waals surface area contributed by atoms with Gasteiger partial charge in [0.05, 0.1) is 6.54 Å². The first-order valence-corrected chi connectivity index (χ1v) is 7.97. The highest BCUT2D eigenvalue weighted by molar-refractivity contribution is 5.86. The van der Waals surface area contributed by atoms with Crippen molar-refractivity contribution in [3.05, 3.63) is 35.9 Å². The molecule has 0 aliphatic heterocycles. The highest BCUT2D eigenvalue weighted by atomic mass is 19.4. The number of aliphatic imine (C=N–C) groups is 1. The first-order chi connectivity index (χ1) is 11.6. The van der Waals surface area contributed by atoms with Gasteiger partial charge in [-0.1, -0.05) is 37.3 Å². The molecule has 2 unspecified atom stereocenters. The number of guanidine groups is 1. The molecule has 0 aliphatic carbocycles. The van der Waals surface area contributed by atoms with Crippen molar-refractivity contribution in [3.63, 3.8) is 0 Å². The van der Waals surface area contributed by atoms with Crippen LogP contribution in [0.5, 0.6) is 0 Å². The molecule has 0 saturated carbocycles. The van der Waals surface area contributed by atoms with Gasteiger partial charge in [0.25, 0.3) is 0 Å². The normalized spacial score (nSPS) is 14.6. The van der Waals surface area contributed by atoms with Gasteiger partial charge in [0.2, 0.25) is 5.91 Å². The molecule has 5 nitrogen and oxygen atoms in total. The van der Waals surface area contributed by atoms with Gasteiger partial charge in [-0.25, -0.2) is 0 Å². The van der Waals surface area contributed by atoms with Crippen molar-refractivity contribution < 1.29 is 18.0 Å². The van der Waals surface area contributed by atoms with Crippen LogP contribution in [0.2, 0.25) is 0 Å². The van der Waals surface area contributed by atoms with E-state index in [4.69, 9.17) is 0 Å². The van der Waals surface area contributed by atoms with Crippen LogP contribution in [0.3, 0.4) is 0 Å². The molecule has 8 heteroatoms. The molecule has 1 rings (SSSR count). The Morgan fingerprint density at radius 2 is 1.84 bits per heavy atom. The first-order valence-electron chi connectivity index (χ1n) is 7.97. The van der Waals surface area contributed by atoms with E-state index in [2.05, 4.69) is 22.5 Å². The third-order valence-corrected chi connectivity index (χ3v) is 3.91. The molecule has 1 aromatic rings. The molecule has 0 aliphatic rings. The SMILES string of the molecule is CN=C(NCC(=O)N(C)CC(F)(F)F)NC(C)C(C)c1ccccc1. The summed E-state index contributed by atoms with van der Waals surface area (Å²) in [5.41, 5.74) is 1.15. The number of halogens is 3. The van der Waals surface area contributed by atoms with E-state index in [9.17, 15) is 18.0 Å². The number of nitrogens with one attached hydrogen (secondary N) is 2. The van der Waals surface area contributed by atoms with E-state index in [1.54, 1.807) is 7.05 Å². The number of carbonyl (C=O) groups excluding carboxylic acids is 1. The number of alkyl halides is 3. The average molecular weight is 358 g/mol. The van der Waals surface area contributed by atoms with E-state index in [1.165, 1.54) is 0 Å². The molecule has 0 heterocycles. The summed E-state index contributed by atoms with van der Waals surface area (Å²) >= 11 is 0. The van der Waals surface area contributed by atoms with Gasteiger partial charge in [0.15, 0.2) is 5.96 Å². The second-order valence-electron chi connectivity index (χ2n) is 5.92. The number of nitrogens with zero attached hydrogens (tertiary/aromatic N) is 2. The maximum atomic E-state index is 12.3. The van der Waals surface area contributed by atoms with Crippen LogP contribution < -0.4 is 10.6 Å². The van der Waals surface area contributed by atoms with Crippen LogP contribution in [0, 0.1) is 0 Å². The van der Waals surface area contributed by atoms with Crippen molar-refractivity contribution in [2.75, 3.05) is 27.2 Å². The predicted octanol–water partition coefficient (Wildman–Crippen LogP) is 2.36. The van der Waals surface area contributed by atoms with Gasteiger partial charge in [-0.2, -0.15) is 13.2 Å². The Hall–Kier alpha value is -2.25. The molecule has 0 bridgehead atoms. The molecular weight excluding hydrogens is 333 g/mol. The molecule has 0 fully saturated rings. The van der Waals surface area contributed by atoms with Crippen LogP contribution in [-0.2, 0) is 4.79 Å². The standard InChI is InChI=1S/C17H25F3N4O/c1-12(14-8-6-5-7-9-14)13(2)23-16(21-3)22-10-15(25)24(4)11-17(18,19)20/h5-9,12-13H,10-11H2,1-4H3,(H2,21,22,23). The van der Waals surface area contributed by atoms with Crippen LogP contribution in [0.4, 0.5) is 13.2 Å². The Labute approximate surface area is 146 Å². The molecule has 2 N–H and O–H groups in total. The summed E-state index contributed by atoms with van der Waals surface area (Å²) in [6.07, 6.45) is -4.41. The van der Waals surface area contributed by atoms with E-state index in [0.717, 1.165) is 12.6 Å². The molecule has 1 amide bonds. The summed E-state index contributed by atoms with van der Waals surface area (Å²) in [6.45, 7) is 2.49. The van der Waals surface area contributed by atoms with Crippen molar-refractivity contribution >= 4 is 11.9 Å². The molecule has 2 atom stereocenters. The zero-order chi connectivity index (χ0) is 19.0. The molecule has 140 valence electrons. The van der Waals surface area contributed by atoms with E-state index in [-0.39, 0.29) is 18.5 Å². The lowest BCUT2D eigenvalue weighted by Crippen LogP contribution is -2.48. The summed E-state index contributed by atoms with van der Waals surface area (Å²) in [4.78, 5) is 16.4. The second-order valence-corrected chi connectivity index (χ2v) is 5.92. The van der Waals surface area contributed by atoms with Crippen molar-refractivity contribution in [3.8, 4) is 0 Å². The van der Waals surface area contributed by atoms with E-state index < -0.39 is 18.6 Å². The number of amides is 1. The zero-order valence-corrected chi connectivity index (χ0v) is 14.9. The number of likely N-dealkylation sites (N-methyl/N-ethyl adjacent to an activating group) is 1. The first kappa shape index (κ1) is 20.8. The van der Waals surface area contributed by atoms with Crippen LogP contribution in [-0.4, -0.2) is 56.2 Å². The Bertz CT molecular complexity index is 575. The van der Waals surface area contributed by atoms with E-state index in [1.807, 2.05) is 37.3 Å². The van der Waals surface area contributed by atoms with Crippen LogP contribution >= 0.6 is 0 Å². The molecule has 0 aromatic heterocycles. The minimum absolute atomic E-state index is 0.0107. The number of hydrogen-bond donors (Lipinski definition) is 2. The fourth-order valence-corrected chi connectivity index (χ4v) is 2.23. The van der Waals surface area contributed by atoms with Gasteiger partial charge in [-0.15, -0.1) is 0 Å². The predicted molar refractivity (Wildman–Crippen MR) is 92.5 cm³/mol. The Morgan fingerprint density at radius 3 is 2.36 bits per heavy atom. The number of hydrogen-bond acceptors (Lipinski definition) is 2. The third-order valence-electron chi connectivity index (χ3n) is 3.91. The second kappa shape index (κ2) is 9.29. The van der Waals surface area contributed by atoms with Crippen molar-refractivity contribution in [1.29, 1.82) is 0 Å². The van der Waals surface area contributed by atoms with Crippen molar-refractivity contribution in [2.24, 2.45) is 4.99 Å². The highest BCUT2D eigenvalue weighted by Crippen LogP contribution is 2.18. The smallest absolute Gasteiger partial charge is 0.353 e. The molecule has 25 heavy (non-hydrogen) atoms. The fraction of sp³-hybridized carbons (Fsp3) is 0.529. The zero-order valence-electron chi connectivity index (χ0n) is 14.9. The summed E-state index contributed by atoms with van der Waals surface area (Å²) < 4.78 is 36.9. The Balaban J connectivity index is 2.53. The average Bonchev–Trinajstić information content (AvgIpc) is 2.56. The fourth-order valence-electron chi connectivity index (χ4n) is 2.23. The van der Waals surface area contributed by atoms with E-state index >= 15 is 0 Å². The molecule has 0 saturated heterocycles. The lowest BCUT2D eigenvalue weighted by Gasteiger charge is -2.24. The topological polar surface area (TPSA) is 56.7 Å². The van der Waals surface area contributed by atoms with Gasteiger partial charge < -0.3 is 15.5 Å². The van der Waals surface area contributed by atoms with E-state index in [0.29, 0.717) is 10.9 Å². The molecule has 0 radical (unpaired) electrons. The monoisotopic (exact) mass is 358 g/mol. The maximum Gasteiger partial charge on any atom is 0.406 e. The molecule has 0 spiro atoms. The van der Waals surface area contributed by atoms with Crippen LogP contribution in [0.1, 0.15) is 25.3 Å². The third kappa shape index (κ3) is 7.45. The lowest BCUT2D eigenvalue weighted by molar-refractivity contribution is -0.157. The lowest BCUT2D eigenvalue weighted by atomic mass is 9.94. The minimum Gasteiger partial charge on any atom is -0.353 e. The summed E-state index contributed by atoms with van der Waals surface area (Å²) in [5, 5.41) is 5.91. The summed E-state index contributed by atoms with van der Waals surface area (Å²) in [5.74, 6) is -0.114. The summed E-state index contributed by atoms with van der Waals surface area (Å²) in [6, 6.07) is 9.92. The van der Waals surface area contributed by atoms with Crippen molar-refractivity contribution in [1.82, 2.24) is 15.5 Å². The largest absolute Gasteiger partial charge is 0.406 e. The number of rotatable bonds is 6. The highest BCUT2D eigenvalue weighted by Gasteiger charge is 2.31. The van der Waals surface area contributed by atoms with Crippen LogP contribution in [0.15, 0.2) is 35.3 Å². The van der Waals surface area contributed by atoms with Gasteiger partial charge in [-0.05, 0) is 12.5 Å². The van der Waals surface area contributed by atoms with Gasteiger partial charge in [0.1, 0.15) is 6.54 Å². The Morgan fingerprint density at radius 1 is 1.24 bits per heavy atom. The van der Waals surface area contributed by atoms with Gasteiger partial charge >= 0.3 is 6.18 Å². The maximum absolute atomic E-state index is 12.3. The van der Waals surface area contributed by atoms with Crippen LogP contribution in [0.25, 0.3) is 0 Å². The quantitative estimate of drug-likeness (QED) is 0.606. The Kier molecular flexibility index (Phi) is 7.73. The molecule has 1 aromatic carbocycles. The minimum atomic E-state index is -4.41. The van der Waals surface area contributed by atoms with Gasteiger partial charge in [-0.3, -0.25) is 9.79 Å². The summed E-state index contributed by atoms with van der Waals surface area (Å²) in [7, 11) is 2.66. The number of benzene rings is 1. The van der Waals surface area contributed by atoms with Gasteiger partial charge in [0, 0.05) is 26.1 Å².